The number of aryl methyl sites for hydroxylation is 1. The summed E-state index contributed by atoms with van der Waals surface area (Å²) < 4.78 is 25.2. The van der Waals surface area contributed by atoms with E-state index in [9.17, 15) is 13.2 Å². The molecule has 1 fully saturated rings. The third-order valence-corrected chi connectivity index (χ3v) is 4.57. The van der Waals surface area contributed by atoms with Crippen LogP contribution in [0.2, 0.25) is 0 Å². The first-order valence-electron chi connectivity index (χ1n) is 4.84. The molecule has 2 rings (SSSR count). The molecule has 0 radical (unpaired) electrons. The van der Waals surface area contributed by atoms with E-state index in [4.69, 9.17) is 12.2 Å². The standard InChI is InChI=1S/C10H10N2O3S2/c1-7-2-4-8(5-3-7)17(14,15)12-6-9(13)11-10(12)16/h2-5H,6H2,1H3,(H,11,13,16). The van der Waals surface area contributed by atoms with Gasteiger partial charge in [0.25, 0.3) is 10.0 Å². The van der Waals surface area contributed by atoms with Crippen LogP contribution < -0.4 is 5.32 Å². The number of rotatable bonds is 2. The highest BCUT2D eigenvalue weighted by Crippen LogP contribution is 2.18. The van der Waals surface area contributed by atoms with Gasteiger partial charge in [-0.3, -0.25) is 4.79 Å². The van der Waals surface area contributed by atoms with Crippen LogP contribution in [0.4, 0.5) is 0 Å². The minimum absolute atomic E-state index is 0.0735. The summed E-state index contributed by atoms with van der Waals surface area (Å²) in [6, 6.07) is 6.38. The number of sulfonamides is 1. The predicted octanol–water partition coefficient (Wildman–Crippen LogP) is 0.400. The van der Waals surface area contributed by atoms with Crippen molar-refractivity contribution in [2.24, 2.45) is 0 Å². The van der Waals surface area contributed by atoms with E-state index in [1.54, 1.807) is 12.1 Å². The number of carbonyl (C=O) groups is 1. The largest absolute Gasteiger partial charge is 0.301 e. The van der Waals surface area contributed by atoms with Gasteiger partial charge in [0.2, 0.25) is 5.91 Å². The summed E-state index contributed by atoms with van der Waals surface area (Å²) in [5, 5.41) is 2.22. The molecule has 0 atom stereocenters. The Hall–Kier alpha value is -1.47. The second-order valence-corrected chi connectivity index (χ2v) is 5.93. The van der Waals surface area contributed by atoms with Crippen molar-refractivity contribution in [3.05, 3.63) is 29.8 Å². The van der Waals surface area contributed by atoms with E-state index in [0.717, 1.165) is 9.87 Å². The Labute approximate surface area is 104 Å². The van der Waals surface area contributed by atoms with Crippen LogP contribution in [0.1, 0.15) is 5.56 Å². The monoisotopic (exact) mass is 270 g/mol. The lowest BCUT2D eigenvalue weighted by Gasteiger charge is -2.15. The Kier molecular flexibility index (Phi) is 2.88. The summed E-state index contributed by atoms with van der Waals surface area (Å²) in [5.41, 5.74) is 0.960. The first kappa shape index (κ1) is 12.0. The summed E-state index contributed by atoms with van der Waals surface area (Å²) in [4.78, 5) is 11.2. The van der Waals surface area contributed by atoms with Crippen LogP contribution in [0.3, 0.4) is 0 Å². The van der Waals surface area contributed by atoms with Crippen LogP contribution in [0.5, 0.6) is 0 Å². The summed E-state index contributed by atoms with van der Waals surface area (Å²) in [6.07, 6.45) is 0. The van der Waals surface area contributed by atoms with Crippen LogP contribution in [0, 0.1) is 6.92 Å². The van der Waals surface area contributed by atoms with Crippen LogP contribution in [0.15, 0.2) is 29.2 Å². The number of hydrogen-bond donors (Lipinski definition) is 1. The first-order valence-corrected chi connectivity index (χ1v) is 6.69. The van der Waals surface area contributed by atoms with Crippen molar-refractivity contribution in [2.75, 3.05) is 6.54 Å². The molecule has 17 heavy (non-hydrogen) atoms. The summed E-state index contributed by atoms with van der Waals surface area (Å²) >= 11 is 4.81. The second kappa shape index (κ2) is 4.08. The fourth-order valence-electron chi connectivity index (χ4n) is 1.45. The lowest BCUT2D eigenvalue weighted by atomic mass is 10.2. The molecule has 1 saturated heterocycles. The van der Waals surface area contributed by atoms with E-state index in [0.29, 0.717) is 0 Å². The minimum atomic E-state index is -3.73. The molecule has 1 aromatic carbocycles. The van der Waals surface area contributed by atoms with Gasteiger partial charge in [-0.25, -0.2) is 12.7 Å². The van der Waals surface area contributed by atoms with Gasteiger partial charge >= 0.3 is 0 Å². The topological polar surface area (TPSA) is 66.5 Å². The minimum Gasteiger partial charge on any atom is -0.301 e. The van der Waals surface area contributed by atoms with E-state index >= 15 is 0 Å². The Morgan fingerprint density at radius 2 is 1.88 bits per heavy atom. The van der Waals surface area contributed by atoms with Crippen molar-refractivity contribution in [1.82, 2.24) is 9.62 Å². The van der Waals surface area contributed by atoms with Crippen molar-refractivity contribution in [1.29, 1.82) is 0 Å². The number of nitrogens with one attached hydrogen (secondary N) is 1. The number of hydrogen-bond acceptors (Lipinski definition) is 4. The zero-order chi connectivity index (χ0) is 12.6. The van der Waals surface area contributed by atoms with Crippen molar-refractivity contribution >= 4 is 33.3 Å². The maximum Gasteiger partial charge on any atom is 0.266 e. The quantitative estimate of drug-likeness (QED) is 0.790. The maximum atomic E-state index is 12.1. The number of thiocarbonyl (C=S) groups is 1. The molecule has 5 nitrogen and oxygen atoms in total. The molecule has 1 aromatic rings. The van der Waals surface area contributed by atoms with Crippen molar-refractivity contribution in [3.63, 3.8) is 0 Å². The second-order valence-electron chi connectivity index (χ2n) is 3.68. The van der Waals surface area contributed by atoms with Crippen LogP contribution in [-0.2, 0) is 14.8 Å². The van der Waals surface area contributed by atoms with Gasteiger partial charge in [0, 0.05) is 0 Å². The predicted molar refractivity (Wildman–Crippen MR) is 65.8 cm³/mol. The van der Waals surface area contributed by atoms with Gasteiger partial charge in [0.1, 0.15) is 6.54 Å². The van der Waals surface area contributed by atoms with Gasteiger partial charge in [-0.15, -0.1) is 0 Å². The first-order chi connectivity index (χ1) is 7.91. The molecule has 1 N–H and O–H groups in total. The lowest BCUT2D eigenvalue weighted by Crippen LogP contribution is -2.33. The van der Waals surface area contributed by atoms with Crippen LogP contribution in [-0.4, -0.2) is 30.3 Å². The molecule has 0 aliphatic carbocycles. The smallest absolute Gasteiger partial charge is 0.266 e. The Balaban J connectivity index is 2.40. The molecule has 0 saturated carbocycles. The summed E-state index contributed by atoms with van der Waals surface area (Å²) in [7, 11) is -3.73. The maximum absolute atomic E-state index is 12.1. The SMILES string of the molecule is Cc1ccc(S(=O)(=O)N2CC(=O)NC2=S)cc1. The van der Waals surface area contributed by atoms with Crippen molar-refractivity contribution in [2.45, 2.75) is 11.8 Å². The highest BCUT2D eigenvalue weighted by Gasteiger charge is 2.34. The summed E-state index contributed by atoms with van der Waals surface area (Å²) in [6.45, 7) is 1.61. The molecule has 1 aliphatic rings. The fourth-order valence-corrected chi connectivity index (χ4v) is 3.21. The molecule has 0 spiro atoms. The molecular weight excluding hydrogens is 260 g/mol. The van der Waals surface area contributed by atoms with Crippen molar-refractivity contribution in [3.8, 4) is 0 Å². The lowest BCUT2D eigenvalue weighted by molar-refractivity contribution is -0.118. The van der Waals surface area contributed by atoms with E-state index in [1.165, 1.54) is 12.1 Å². The zero-order valence-corrected chi connectivity index (χ0v) is 10.6. The Morgan fingerprint density at radius 3 is 2.35 bits per heavy atom. The molecule has 1 aliphatic heterocycles. The average Bonchev–Trinajstić information content (AvgIpc) is 2.59. The molecule has 0 unspecified atom stereocenters. The van der Waals surface area contributed by atoms with E-state index in [-0.39, 0.29) is 16.6 Å². The van der Waals surface area contributed by atoms with Gasteiger partial charge in [-0.1, -0.05) is 17.7 Å². The van der Waals surface area contributed by atoms with Crippen molar-refractivity contribution < 1.29 is 13.2 Å². The number of carbonyl (C=O) groups excluding carboxylic acids is 1. The van der Waals surface area contributed by atoms with Crippen LogP contribution in [0.25, 0.3) is 0 Å². The number of nitrogens with zero attached hydrogens (tertiary/aromatic N) is 1. The van der Waals surface area contributed by atoms with Gasteiger partial charge < -0.3 is 5.32 Å². The number of amides is 1. The molecule has 1 amide bonds. The van der Waals surface area contributed by atoms with E-state index in [1.807, 2.05) is 6.92 Å². The molecular formula is C10H10N2O3S2. The van der Waals surface area contributed by atoms with E-state index < -0.39 is 15.9 Å². The average molecular weight is 270 g/mol. The zero-order valence-electron chi connectivity index (χ0n) is 9.00. The fraction of sp³-hybridized carbons (Fsp3) is 0.200. The Morgan fingerprint density at radius 1 is 1.29 bits per heavy atom. The highest BCUT2D eigenvalue weighted by atomic mass is 32.2. The van der Waals surface area contributed by atoms with Gasteiger partial charge in [-0.2, -0.15) is 0 Å². The molecule has 90 valence electrons. The molecule has 0 aromatic heterocycles. The molecule has 1 heterocycles. The third kappa shape index (κ3) is 2.16. The number of benzene rings is 1. The third-order valence-electron chi connectivity index (χ3n) is 2.37. The highest BCUT2D eigenvalue weighted by molar-refractivity contribution is 7.91. The molecule has 0 bridgehead atoms. The van der Waals surface area contributed by atoms with Gasteiger partial charge in [0.15, 0.2) is 5.11 Å². The normalized spacial score (nSPS) is 16.2. The Bertz CT molecular complexity index is 578. The summed E-state index contributed by atoms with van der Waals surface area (Å²) in [5.74, 6) is -0.411. The van der Waals surface area contributed by atoms with E-state index in [2.05, 4.69) is 5.32 Å². The molecule has 7 heteroatoms. The van der Waals surface area contributed by atoms with Crippen LogP contribution >= 0.6 is 12.2 Å². The van der Waals surface area contributed by atoms with Gasteiger partial charge in [0.05, 0.1) is 4.90 Å². The van der Waals surface area contributed by atoms with Gasteiger partial charge in [-0.05, 0) is 31.3 Å².